The van der Waals surface area contributed by atoms with E-state index < -0.39 is 0 Å². The molecule has 1 fully saturated rings. The number of aliphatic hydroxyl groups excluding tert-OH is 1. The molecule has 94 valence electrons. The van der Waals surface area contributed by atoms with E-state index in [2.05, 4.69) is 11.8 Å². The first-order chi connectivity index (χ1) is 8.24. The van der Waals surface area contributed by atoms with Crippen molar-refractivity contribution >= 4 is 5.69 Å². The number of hydrogen-bond acceptors (Lipinski definition) is 2. The molecule has 17 heavy (non-hydrogen) atoms. The van der Waals surface area contributed by atoms with Crippen molar-refractivity contribution in [2.24, 2.45) is 0 Å². The summed E-state index contributed by atoms with van der Waals surface area (Å²) in [6.45, 7) is 2.92. The Kier molecular flexibility index (Phi) is 4.00. The lowest BCUT2D eigenvalue weighted by atomic mass is 10.1. The van der Waals surface area contributed by atoms with Gasteiger partial charge in [-0.05, 0) is 25.8 Å². The molecule has 0 saturated carbocycles. The lowest BCUT2D eigenvalue weighted by Crippen LogP contribution is -2.34. The second-order valence-corrected chi connectivity index (χ2v) is 4.80. The second-order valence-electron chi connectivity index (χ2n) is 4.80. The van der Waals surface area contributed by atoms with Crippen molar-refractivity contribution in [1.29, 1.82) is 0 Å². The van der Waals surface area contributed by atoms with Crippen molar-refractivity contribution in [3.8, 4) is 0 Å². The molecule has 1 aromatic carbocycles. The van der Waals surface area contributed by atoms with Gasteiger partial charge in [-0.25, -0.2) is 4.39 Å². The molecule has 0 spiro atoms. The third-order valence-corrected chi connectivity index (χ3v) is 3.58. The molecule has 0 bridgehead atoms. The summed E-state index contributed by atoms with van der Waals surface area (Å²) in [5, 5.41) is 9.34. The molecule has 1 saturated heterocycles. The first-order valence-corrected chi connectivity index (χ1v) is 6.39. The molecular weight excluding hydrogens is 217 g/mol. The highest BCUT2D eigenvalue weighted by Crippen LogP contribution is 2.29. The Morgan fingerprint density at radius 1 is 1.35 bits per heavy atom. The Morgan fingerprint density at radius 2 is 2.18 bits per heavy atom. The number of para-hydroxylation sites is 1. The summed E-state index contributed by atoms with van der Waals surface area (Å²) in [4.78, 5) is 2.12. The Hall–Kier alpha value is -1.09. The van der Waals surface area contributed by atoms with E-state index in [9.17, 15) is 9.50 Å². The number of benzene rings is 1. The van der Waals surface area contributed by atoms with Crippen molar-refractivity contribution in [3.05, 3.63) is 29.6 Å². The summed E-state index contributed by atoms with van der Waals surface area (Å²) in [7, 11) is 0. The zero-order valence-corrected chi connectivity index (χ0v) is 10.3. The van der Waals surface area contributed by atoms with E-state index in [0.29, 0.717) is 17.3 Å². The molecule has 1 N–H and O–H groups in total. The van der Waals surface area contributed by atoms with Crippen LogP contribution in [0.25, 0.3) is 0 Å². The van der Waals surface area contributed by atoms with Gasteiger partial charge in [0, 0.05) is 18.2 Å². The van der Waals surface area contributed by atoms with Crippen LogP contribution in [0.5, 0.6) is 0 Å². The first-order valence-electron chi connectivity index (χ1n) is 6.39. The fourth-order valence-corrected chi connectivity index (χ4v) is 2.62. The van der Waals surface area contributed by atoms with Gasteiger partial charge in [0.05, 0.1) is 12.3 Å². The minimum atomic E-state index is -0.217. The summed E-state index contributed by atoms with van der Waals surface area (Å²) in [5.41, 5.74) is 1.29. The summed E-state index contributed by atoms with van der Waals surface area (Å²) in [6.07, 6.45) is 4.62. The van der Waals surface area contributed by atoms with Crippen LogP contribution in [0.2, 0.25) is 0 Å². The Morgan fingerprint density at radius 3 is 2.94 bits per heavy atom. The average molecular weight is 237 g/mol. The molecular formula is C14H20FNO. The van der Waals surface area contributed by atoms with Crippen LogP contribution in [0, 0.1) is 5.82 Å². The Bertz CT molecular complexity index is 380. The molecule has 2 nitrogen and oxygen atoms in total. The van der Waals surface area contributed by atoms with Gasteiger partial charge in [-0.1, -0.05) is 25.0 Å². The topological polar surface area (TPSA) is 23.5 Å². The predicted molar refractivity (Wildman–Crippen MR) is 67.6 cm³/mol. The molecule has 0 radical (unpaired) electrons. The molecule has 0 aromatic heterocycles. The van der Waals surface area contributed by atoms with Crippen LogP contribution < -0.4 is 4.90 Å². The van der Waals surface area contributed by atoms with Crippen molar-refractivity contribution in [2.45, 2.75) is 45.3 Å². The van der Waals surface area contributed by atoms with Gasteiger partial charge in [-0.15, -0.1) is 0 Å². The van der Waals surface area contributed by atoms with Crippen molar-refractivity contribution in [3.63, 3.8) is 0 Å². The third-order valence-electron chi connectivity index (χ3n) is 3.58. The van der Waals surface area contributed by atoms with Gasteiger partial charge < -0.3 is 10.0 Å². The minimum Gasteiger partial charge on any atom is -0.392 e. The van der Waals surface area contributed by atoms with E-state index in [-0.39, 0.29) is 12.4 Å². The van der Waals surface area contributed by atoms with Gasteiger partial charge >= 0.3 is 0 Å². The molecule has 0 amide bonds. The smallest absolute Gasteiger partial charge is 0.146 e. The Balaban J connectivity index is 2.36. The maximum Gasteiger partial charge on any atom is 0.146 e. The van der Waals surface area contributed by atoms with E-state index in [4.69, 9.17) is 0 Å². The van der Waals surface area contributed by atoms with Gasteiger partial charge in [-0.3, -0.25) is 0 Å². The first kappa shape index (κ1) is 12.4. The van der Waals surface area contributed by atoms with E-state index >= 15 is 0 Å². The van der Waals surface area contributed by atoms with E-state index in [1.165, 1.54) is 18.9 Å². The molecule has 1 aliphatic heterocycles. The number of aliphatic hydroxyl groups is 1. The van der Waals surface area contributed by atoms with Gasteiger partial charge in [-0.2, -0.15) is 0 Å². The highest BCUT2D eigenvalue weighted by Gasteiger charge is 2.22. The molecule has 2 rings (SSSR count). The predicted octanol–water partition coefficient (Wildman–Crippen LogP) is 3.09. The van der Waals surface area contributed by atoms with Crippen molar-refractivity contribution in [1.82, 2.24) is 0 Å². The largest absolute Gasteiger partial charge is 0.392 e. The summed E-state index contributed by atoms with van der Waals surface area (Å²) >= 11 is 0. The lowest BCUT2D eigenvalue weighted by Gasteiger charge is -2.31. The van der Waals surface area contributed by atoms with Gasteiger partial charge in [0.15, 0.2) is 0 Å². The van der Waals surface area contributed by atoms with Crippen molar-refractivity contribution < 1.29 is 9.50 Å². The number of nitrogens with zero attached hydrogens (tertiary/aromatic N) is 1. The van der Waals surface area contributed by atoms with Gasteiger partial charge in [0.25, 0.3) is 0 Å². The highest BCUT2D eigenvalue weighted by atomic mass is 19.1. The van der Waals surface area contributed by atoms with E-state index in [1.807, 2.05) is 0 Å². The molecule has 0 aliphatic carbocycles. The van der Waals surface area contributed by atoms with Crippen LogP contribution in [-0.2, 0) is 6.61 Å². The lowest BCUT2D eigenvalue weighted by molar-refractivity contribution is 0.281. The van der Waals surface area contributed by atoms with E-state index in [1.54, 1.807) is 12.1 Å². The normalized spacial score (nSPS) is 21.4. The van der Waals surface area contributed by atoms with E-state index in [0.717, 1.165) is 19.4 Å². The zero-order chi connectivity index (χ0) is 12.3. The van der Waals surface area contributed by atoms with Gasteiger partial charge in [0.1, 0.15) is 5.82 Å². The highest BCUT2D eigenvalue weighted by molar-refractivity contribution is 5.55. The molecule has 1 heterocycles. The van der Waals surface area contributed by atoms with Crippen LogP contribution in [0.3, 0.4) is 0 Å². The van der Waals surface area contributed by atoms with Crippen LogP contribution in [0.15, 0.2) is 18.2 Å². The quantitative estimate of drug-likeness (QED) is 0.854. The van der Waals surface area contributed by atoms with Gasteiger partial charge in [0.2, 0.25) is 0 Å². The van der Waals surface area contributed by atoms with Crippen LogP contribution in [0.4, 0.5) is 10.1 Å². The SMILES string of the molecule is CC1CCCCCN1c1c(F)cccc1CO. The van der Waals surface area contributed by atoms with Crippen LogP contribution in [-0.4, -0.2) is 17.7 Å². The number of halogens is 1. The fraction of sp³-hybridized carbons (Fsp3) is 0.571. The monoisotopic (exact) mass is 237 g/mol. The third kappa shape index (κ3) is 2.60. The maximum atomic E-state index is 14.0. The molecule has 1 aromatic rings. The second kappa shape index (κ2) is 5.50. The van der Waals surface area contributed by atoms with Crippen LogP contribution >= 0.6 is 0 Å². The molecule has 3 heteroatoms. The zero-order valence-electron chi connectivity index (χ0n) is 10.3. The summed E-state index contributed by atoms with van der Waals surface area (Å²) in [6, 6.07) is 5.29. The Labute approximate surface area is 102 Å². The number of anilines is 1. The summed E-state index contributed by atoms with van der Waals surface area (Å²) < 4.78 is 14.0. The van der Waals surface area contributed by atoms with Crippen molar-refractivity contribution in [2.75, 3.05) is 11.4 Å². The summed E-state index contributed by atoms with van der Waals surface area (Å²) in [5.74, 6) is -0.217. The minimum absolute atomic E-state index is 0.101. The number of rotatable bonds is 2. The average Bonchev–Trinajstić information content (AvgIpc) is 2.54. The standard InChI is InChI=1S/C14H20FNO/c1-11-6-3-2-4-9-16(11)14-12(10-17)7-5-8-13(14)15/h5,7-8,11,17H,2-4,6,9-10H2,1H3. The molecule has 1 unspecified atom stereocenters. The van der Waals surface area contributed by atoms with Crippen LogP contribution in [0.1, 0.15) is 38.2 Å². The number of hydrogen-bond donors (Lipinski definition) is 1. The molecule has 1 atom stereocenters. The molecule has 1 aliphatic rings. The maximum absolute atomic E-state index is 14.0. The fourth-order valence-electron chi connectivity index (χ4n) is 2.62.